The van der Waals surface area contributed by atoms with Crippen LogP contribution in [0.15, 0.2) is 43.3 Å². The number of azo groups is 2. The Bertz CT molecular complexity index is 504. The van der Waals surface area contributed by atoms with E-state index in [9.17, 15) is 9.59 Å². The largest absolute Gasteiger partial charge is 0.317 e. The van der Waals surface area contributed by atoms with Crippen molar-refractivity contribution in [2.24, 2.45) is 20.5 Å². The first-order valence-electron chi connectivity index (χ1n) is 3.60. The first-order valence-corrected chi connectivity index (χ1v) is 3.60. The molecule has 0 spiro atoms. The molecule has 2 N–H and O–H groups in total. The summed E-state index contributed by atoms with van der Waals surface area (Å²) >= 11 is 0. The Morgan fingerprint density at radius 1 is 1.29 bits per heavy atom. The van der Waals surface area contributed by atoms with Crippen LogP contribution in [0.2, 0.25) is 0 Å². The van der Waals surface area contributed by atoms with E-state index in [0.29, 0.717) is 0 Å². The number of nitrogens with one attached hydrogen (secondary N) is 2. The highest BCUT2D eigenvalue weighted by Crippen LogP contribution is 2.11. The molecule has 2 heterocycles. The SMILES string of the molecule is O=C1N=NC=C1N=Nc1c[nH][nH]c1=O. The van der Waals surface area contributed by atoms with Crippen LogP contribution in [0.3, 0.4) is 0 Å². The number of amides is 1. The molecule has 14 heavy (non-hydrogen) atoms. The second kappa shape index (κ2) is 3.17. The minimum absolute atomic E-state index is 0.00519. The summed E-state index contributed by atoms with van der Waals surface area (Å²) in [5.41, 5.74) is -0.315. The van der Waals surface area contributed by atoms with Crippen LogP contribution in [0.25, 0.3) is 0 Å². The predicted octanol–water partition coefficient (Wildman–Crippen LogP) is 0.620. The van der Waals surface area contributed by atoms with E-state index in [1.54, 1.807) is 0 Å². The molecule has 1 aliphatic rings. The normalized spacial score (nSPS) is 15.4. The Labute approximate surface area is 76.4 Å². The van der Waals surface area contributed by atoms with E-state index in [1.807, 2.05) is 0 Å². The first-order chi connectivity index (χ1) is 6.77. The number of aromatic amines is 2. The van der Waals surface area contributed by atoms with E-state index in [2.05, 4.69) is 30.7 Å². The summed E-state index contributed by atoms with van der Waals surface area (Å²) in [7, 11) is 0. The monoisotopic (exact) mass is 192 g/mol. The standard InChI is InChI=1S/C6H4N6O2/c13-5-3(1-7-11-5)9-10-4-2-8-12-6(4)14/h1-2H,(H2,7,11,13). The van der Waals surface area contributed by atoms with Gasteiger partial charge in [0, 0.05) is 0 Å². The summed E-state index contributed by atoms with van der Waals surface area (Å²) in [6, 6.07) is 0. The summed E-state index contributed by atoms with van der Waals surface area (Å²) < 4.78 is 0. The molecule has 0 unspecified atom stereocenters. The molecule has 1 aromatic heterocycles. The van der Waals surface area contributed by atoms with Crippen molar-refractivity contribution in [3.63, 3.8) is 0 Å². The van der Waals surface area contributed by atoms with Gasteiger partial charge in [-0.1, -0.05) is 0 Å². The highest BCUT2D eigenvalue weighted by Gasteiger charge is 2.12. The number of hydrogen-bond donors (Lipinski definition) is 2. The molecule has 70 valence electrons. The molecule has 0 radical (unpaired) electrons. The van der Waals surface area contributed by atoms with Gasteiger partial charge in [-0.15, -0.1) is 15.3 Å². The Balaban J connectivity index is 2.20. The summed E-state index contributed by atoms with van der Waals surface area (Å²) in [6.07, 6.45) is 2.51. The topological polar surface area (TPSA) is 115 Å². The van der Waals surface area contributed by atoms with Crippen molar-refractivity contribution >= 4 is 11.6 Å². The number of carbonyl (C=O) groups excluding carboxylic acids is 1. The minimum atomic E-state index is -0.569. The van der Waals surface area contributed by atoms with Crippen LogP contribution in [-0.2, 0) is 4.79 Å². The van der Waals surface area contributed by atoms with Crippen molar-refractivity contribution in [3.8, 4) is 0 Å². The molecule has 1 aromatic rings. The highest BCUT2D eigenvalue weighted by atomic mass is 16.2. The summed E-state index contributed by atoms with van der Waals surface area (Å²) in [4.78, 5) is 21.8. The fourth-order valence-electron chi connectivity index (χ4n) is 0.793. The molecule has 8 nitrogen and oxygen atoms in total. The van der Waals surface area contributed by atoms with Crippen molar-refractivity contribution in [3.05, 3.63) is 28.4 Å². The van der Waals surface area contributed by atoms with Gasteiger partial charge in [-0.3, -0.25) is 14.7 Å². The molecule has 0 atom stereocenters. The molecular formula is C6H4N6O2. The van der Waals surface area contributed by atoms with E-state index in [1.165, 1.54) is 12.4 Å². The third-order valence-electron chi connectivity index (χ3n) is 1.44. The van der Waals surface area contributed by atoms with Gasteiger partial charge < -0.3 is 5.10 Å². The predicted molar refractivity (Wildman–Crippen MR) is 43.9 cm³/mol. The van der Waals surface area contributed by atoms with Gasteiger partial charge in [-0.25, -0.2) is 0 Å². The van der Waals surface area contributed by atoms with E-state index in [-0.39, 0.29) is 11.4 Å². The average Bonchev–Trinajstić information content (AvgIpc) is 2.72. The van der Waals surface area contributed by atoms with Gasteiger partial charge in [0.05, 0.1) is 12.4 Å². The lowest BCUT2D eigenvalue weighted by Crippen LogP contribution is -1.97. The number of aromatic nitrogens is 2. The Hall–Kier alpha value is -2.38. The van der Waals surface area contributed by atoms with Gasteiger partial charge in [-0.2, -0.15) is 5.11 Å². The van der Waals surface area contributed by atoms with Crippen LogP contribution in [0.1, 0.15) is 0 Å². The van der Waals surface area contributed by atoms with Gasteiger partial charge in [0.2, 0.25) is 0 Å². The second-order valence-corrected chi connectivity index (χ2v) is 2.36. The Kier molecular flexibility index (Phi) is 1.86. The van der Waals surface area contributed by atoms with Crippen molar-refractivity contribution in [2.75, 3.05) is 0 Å². The van der Waals surface area contributed by atoms with E-state index in [4.69, 9.17) is 0 Å². The summed E-state index contributed by atoms with van der Waals surface area (Å²) in [5.74, 6) is -0.569. The number of rotatable bonds is 2. The minimum Gasteiger partial charge on any atom is -0.303 e. The van der Waals surface area contributed by atoms with Gasteiger partial charge in [0.25, 0.3) is 5.56 Å². The average molecular weight is 192 g/mol. The molecule has 0 saturated carbocycles. The second-order valence-electron chi connectivity index (χ2n) is 2.36. The lowest BCUT2D eigenvalue weighted by molar-refractivity contribution is -0.114. The van der Waals surface area contributed by atoms with Crippen LogP contribution in [0.4, 0.5) is 5.69 Å². The van der Waals surface area contributed by atoms with E-state index in [0.717, 1.165) is 0 Å². The smallest absolute Gasteiger partial charge is 0.303 e. The molecular weight excluding hydrogens is 188 g/mol. The molecule has 0 aromatic carbocycles. The summed E-state index contributed by atoms with van der Waals surface area (Å²) in [6.45, 7) is 0. The van der Waals surface area contributed by atoms with Crippen molar-refractivity contribution in [2.45, 2.75) is 0 Å². The lowest BCUT2D eigenvalue weighted by atomic mass is 10.5. The van der Waals surface area contributed by atoms with Gasteiger partial charge in [0.15, 0.2) is 11.4 Å². The quantitative estimate of drug-likeness (QED) is 0.668. The molecule has 0 saturated heterocycles. The number of H-pyrrole nitrogens is 2. The lowest BCUT2D eigenvalue weighted by Gasteiger charge is -1.83. The zero-order valence-corrected chi connectivity index (χ0v) is 6.76. The van der Waals surface area contributed by atoms with Crippen molar-refractivity contribution in [1.29, 1.82) is 0 Å². The zero-order valence-electron chi connectivity index (χ0n) is 6.76. The zero-order chi connectivity index (χ0) is 9.97. The molecule has 2 rings (SSSR count). The fraction of sp³-hybridized carbons (Fsp3) is 0. The molecule has 0 aliphatic carbocycles. The van der Waals surface area contributed by atoms with Gasteiger partial charge >= 0.3 is 5.91 Å². The van der Waals surface area contributed by atoms with Crippen LogP contribution >= 0.6 is 0 Å². The van der Waals surface area contributed by atoms with Crippen molar-refractivity contribution in [1.82, 2.24) is 10.2 Å². The maximum atomic E-state index is 10.9. The van der Waals surface area contributed by atoms with Crippen LogP contribution in [0, 0.1) is 0 Å². The molecule has 0 fully saturated rings. The Morgan fingerprint density at radius 3 is 2.71 bits per heavy atom. The van der Waals surface area contributed by atoms with Crippen LogP contribution < -0.4 is 5.56 Å². The number of hydrogen-bond acceptors (Lipinski definition) is 5. The molecule has 1 amide bonds. The van der Waals surface area contributed by atoms with E-state index < -0.39 is 11.5 Å². The van der Waals surface area contributed by atoms with Gasteiger partial charge in [-0.05, 0) is 0 Å². The molecule has 1 aliphatic heterocycles. The first kappa shape index (κ1) is 8.23. The maximum Gasteiger partial charge on any atom is 0.317 e. The number of carbonyl (C=O) groups is 1. The van der Waals surface area contributed by atoms with E-state index >= 15 is 0 Å². The maximum absolute atomic E-state index is 10.9. The molecule has 0 bridgehead atoms. The van der Waals surface area contributed by atoms with Crippen LogP contribution in [0.5, 0.6) is 0 Å². The third-order valence-corrected chi connectivity index (χ3v) is 1.44. The van der Waals surface area contributed by atoms with Gasteiger partial charge in [0.1, 0.15) is 0 Å². The highest BCUT2D eigenvalue weighted by molar-refractivity contribution is 5.94. The molecule has 8 heteroatoms. The van der Waals surface area contributed by atoms with Crippen molar-refractivity contribution < 1.29 is 4.79 Å². The third kappa shape index (κ3) is 1.40. The number of nitrogens with zero attached hydrogens (tertiary/aromatic N) is 4. The Morgan fingerprint density at radius 2 is 2.14 bits per heavy atom. The fourth-order valence-corrected chi connectivity index (χ4v) is 0.793. The van der Waals surface area contributed by atoms with Crippen LogP contribution in [-0.4, -0.2) is 16.1 Å². The summed E-state index contributed by atoms with van der Waals surface area (Å²) in [5, 5.41) is 18.3.